The van der Waals surface area contributed by atoms with Gasteiger partial charge in [-0.05, 0) is 30.7 Å². The first kappa shape index (κ1) is 18.0. The molecule has 2 aliphatic rings. The minimum Gasteiger partial charge on any atom is -0.490 e. The molecule has 6 nitrogen and oxygen atoms in total. The highest BCUT2D eigenvalue weighted by Gasteiger charge is 2.55. The number of carboxylic acids is 1. The first-order chi connectivity index (χ1) is 11.5. The topological polar surface area (TPSA) is 83.9 Å². The predicted octanol–water partition coefficient (Wildman–Crippen LogP) is 1.89. The Balaban J connectivity index is 1.91. The molecule has 10 heteroatoms. The largest absolute Gasteiger partial charge is 0.490 e. The maximum atomic E-state index is 13.1. The van der Waals surface area contributed by atoms with Crippen LogP contribution in [0.5, 0.6) is 5.75 Å². The van der Waals surface area contributed by atoms with Crippen molar-refractivity contribution in [2.24, 2.45) is 11.8 Å². The first-order valence-corrected chi connectivity index (χ1v) is 9.03. The fourth-order valence-electron chi connectivity index (χ4n) is 3.25. The van der Waals surface area contributed by atoms with Crippen LogP contribution < -0.4 is 4.74 Å². The van der Waals surface area contributed by atoms with Crippen LogP contribution in [0.15, 0.2) is 23.1 Å². The summed E-state index contributed by atoms with van der Waals surface area (Å²) in [5.74, 6) is -5.15. The number of fused-ring (bicyclic) bond motifs is 1. The van der Waals surface area contributed by atoms with Gasteiger partial charge in [0.2, 0.25) is 10.0 Å². The SMILES string of the molecule is CC1Cc2cc(S(=O)(=O)N3C[C@@H](C(F)(F)F)[C@H](C(=O)O)C3)ccc2O1. The summed E-state index contributed by atoms with van der Waals surface area (Å²) in [5, 5.41) is 9.02. The molecule has 2 heterocycles. The van der Waals surface area contributed by atoms with E-state index in [0.29, 0.717) is 22.0 Å². The molecule has 0 bridgehead atoms. The van der Waals surface area contributed by atoms with E-state index in [1.807, 2.05) is 6.92 Å². The number of rotatable bonds is 3. The van der Waals surface area contributed by atoms with E-state index in [9.17, 15) is 26.4 Å². The Kier molecular flexibility index (Phi) is 4.23. The number of hydrogen-bond acceptors (Lipinski definition) is 4. The average molecular weight is 379 g/mol. The van der Waals surface area contributed by atoms with E-state index >= 15 is 0 Å². The van der Waals surface area contributed by atoms with E-state index in [-0.39, 0.29) is 11.0 Å². The second-order valence-electron chi connectivity index (χ2n) is 6.32. The van der Waals surface area contributed by atoms with Crippen LogP contribution in [0, 0.1) is 11.8 Å². The molecule has 2 aliphatic heterocycles. The van der Waals surface area contributed by atoms with E-state index in [2.05, 4.69) is 0 Å². The number of benzene rings is 1. The van der Waals surface area contributed by atoms with Crippen LogP contribution in [0.4, 0.5) is 13.2 Å². The zero-order valence-corrected chi connectivity index (χ0v) is 14.0. The van der Waals surface area contributed by atoms with Crippen LogP contribution >= 0.6 is 0 Å². The molecule has 1 aromatic carbocycles. The summed E-state index contributed by atoms with van der Waals surface area (Å²) in [7, 11) is -4.22. The van der Waals surface area contributed by atoms with Gasteiger partial charge in [-0.1, -0.05) is 0 Å². The van der Waals surface area contributed by atoms with E-state index in [0.717, 1.165) is 0 Å². The molecule has 3 atom stereocenters. The van der Waals surface area contributed by atoms with Gasteiger partial charge >= 0.3 is 12.1 Å². The number of hydrogen-bond donors (Lipinski definition) is 1. The summed E-state index contributed by atoms with van der Waals surface area (Å²) < 4.78 is 70.6. The molecule has 25 heavy (non-hydrogen) atoms. The minimum atomic E-state index is -4.78. The number of nitrogens with zero attached hydrogens (tertiary/aromatic N) is 1. The Bertz CT molecular complexity index is 808. The lowest BCUT2D eigenvalue weighted by molar-refractivity contribution is -0.187. The summed E-state index contributed by atoms with van der Waals surface area (Å²) in [4.78, 5) is 11.0. The van der Waals surface area contributed by atoms with Crippen molar-refractivity contribution in [1.82, 2.24) is 4.31 Å². The number of carboxylic acid groups (broad SMARTS) is 1. The maximum absolute atomic E-state index is 13.1. The smallest absolute Gasteiger partial charge is 0.393 e. The highest BCUT2D eigenvalue weighted by atomic mass is 32.2. The van der Waals surface area contributed by atoms with Gasteiger partial charge in [-0.25, -0.2) is 8.42 Å². The number of sulfonamides is 1. The van der Waals surface area contributed by atoms with Gasteiger partial charge in [0, 0.05) is 19.5 Å². The maximum Gasteiger partial charge on any atom is 0.393 e. The molecule has 0 amide bonds. The van der Waals surface area contributed by atoms with E-state index in [4.69, 9.17) is 9.84 Å². The molecule has 138 valence electrons. The molecule has 0 aliphatic carbocycles. The van der Waals surface area contributed by atoms with Crippen molar-refractivity contribution in [3.8, 4) is 5.75 Å². The molecular formula is C15H16F3NO5S. The molecule has 0 spiro atoms. The van der Waals surface area contributed by atoms with Gasteiger partial charge in [0.1, 0.15) is 11.9 Å². The van der Waals surface area contributed by atoms with E-state index < -0.39 is 47.1 Å². The summed E-state index contributed by atoms with van der Waals surface area (Å²) in [5.41, 5.74) is 0.662. The zero-order valence-electron chi connectivity index (χ0n) is 13.2. The Morgan fingerprint density at radius 3 is 2.56 bits per heavy atom. The Labute approximate surface area is 142 Å². The number of alkyl halides is 3. The average Bonchev–Trinajstić information content (AvgIpc) is 3.08. The van der Waals surface area contributed by atoms with Crippen LogP contribution in [0.1, 0.15) is 12.5 Å². The number of carbonyl (C=O) groups is 1. The molecule has 1 unspecified atom stereocenters. The number of ether oxygens (including phenoxy) is 1. The Hall–Kier alpha value is -1.81. The fourth-order valence-corrected chi connectivity index (χ4v) is 4.80. The molecular weight excluding hydrogens is 363 g/mol. The highest BCUT2D eigenvalue weighted by molar-refractivity contribution is 7.89. The fraction of sp³-hybridized carbons (Fsp3) is 0.533. The van der Waals surface area contributed by atoms with Gasteiger partial charge in [-0.3, -0.25) is 4.79 Å². The summed E-state index contributed by atoms with van der Waals surface area (Å²) >= 11 is 0. The monoisotopic (exact) mass is 379 g/mol. The van der Waals surface area contributed by atoms with Gasteiger partial charge in [-0.15, -0.1) is 0 Å². The van der Waals surface area contributed by atoms with Crippen molar-refractivity contribution in [3.05, 3.63) is 23.8 Å². The third-order valence-corrected chi connectivity index (χ3v) is 6.36. The lowest BCUT2D eigenvalue weighted by atomic mass is 9.96. The molecule has 3 rings (SSSR count). The predicted molar refractivity (Wildman–Crippen MR) is 79.7 cm³/mol. The van der Waals surface area contributed by atoms with Crippen LogP contribution in [0.25, 0.3) is 0 Å². The van der Waals surface area contributed by atoms with Crippen molar-refractivity contribution in [2.75, 3.05) is 13.1 Å². The Morgan fingerprint density at radius 2 is 2.00 bits per heavy atom. The van der Waals surface area contributed by atoms with Gasteiger partial charge in [-0.2, -0.15) is 17.5 Å². The molecule has 1 fully saturated rings. The summed E-state index contributed by atoms with van der Waals surface area (Å²) in [6, 6.07) is 4.12. The van der Waals surface area contributed by atoms with Gasteiger partial charge in [0.25, 0.3) is 0 Å². The van der Waals surface area contributed by atoms with Gasteiger partial charge < -0.3 is 9.84 Å². The second kappa shape index (κ2) is 5.87. The Morgan fingerprint density at radius 1 is 1.32 bits per heavy atom. The zero-order chi connectivity index (χ0) is 18.6. The quantitative estimate of drug-likeness (QED) is 0.867. The standard InChI is InChI=1S/C15H16F3NO5S/c1-8-4-9-5-10(2-3-13(9)24-8)25(22,23)19-6-11(14(20)21)12(7-19)15(16,17)18/h2-3,5,8,11-12H,4,6-7H2,1H3,(H,20,21)/t8?,11-,12-/m1/s1. The third-order valence-electron chi connectivity index (χ3n) is 4.53. The lowest BCUT2D eigenvalue weighted by Gasteiger charge is -2.18. The van der Waals surface area contributed by atoms with E-state index in [1.54, 1.807) is 0 Å². The normalized spacial score (nSPS) is 27.1. The minimum absolute atomic E-state index is 0.106. The highest BCUT2D eigenvalue weighted by Crippen LogP contribution is 2.40. The van der Waals surface area contributed by atoms with Crippen molar-refractivity contribution >= 4 is 16.0 Å². The van der Waals surface area contributed by atoms with Crippen molar-refractivity contribution in [3.63, 3.8) is 0 Å². The molecule has 0 radical (unpaired) electrons. The van der Waals surface area contributed by atoms with Gasteiger partial charge in [0.15, 0.2) is 0 Å². The van der Waals surface area contributed by atoms with Crippen LogP contribution in [0.3, 0.4) is 0 Å². The molecule has 1 N–H and O–H groups in total. The number of halogens is 3. The molecule has 1 aromatic rings. The summed E-state index contributed by atoms with van der Waals surface area (Å²) in [6.45, 7) is 0.221. The van der Waals surface area contributed by atoms with Gasteiger partial charge in [0.05, 0.1) is 16.7 Å². The van der Waals surface area contributed by atoms with Crippen molar-refractivity contribution in [1.29, 1.82) is 0 Å². The van der Waals surface area contributed by atoms with E-state index in [1.165, 1.54) is 18.2 Å². The van der Waals surface area contributed by atoms with Crippen molar-refractivity contribution < 1.29 is 36.2 Å². The number of aliphatic carboxylic acids is 1. The van der Waals surface area contributed by atoms with Crippen LogP contribution in [0.2, 0.25) is 0 Å². The third kappa shape index (κ3) is 3.20. The first-order valence-electron chi connectivity index (χ1n) is 7.59. The molecule has 0 aromatic heterocycles. The van der Waals surface area contributed by atoms with Crippen LogP contribution in [-0.2, 0) is 21.2 Å². The summed E-state index contributed by atoms with van der Waals surface area (Å²) in [6.07, 6.45) is -4.39. The molecule has 0 saturated carbocycles. The second-order valence-corrected chi connectivity index (χ2v) is 8.25. The van der Waals surface area contributed by atoms with Crippen LogP contribution in [-0.4, -0.2) is 49.2 Å². The van der Waals surface area contributed by atoms with Crippen molar-refractivity contribution in [2.45, 2.75) is 30.5 Å². The molecule has 1 saturated heterocycles. The lowest BCUT2D eigenvalue weighted by Crippen LogP contribution is -2.34.